The Morgan fingerprint density at radius 1 is 0.667 bits per heavy atom. The Morgan fingerprint density at radius 3 is 1.59 bits per heavy atom. The van der Waals surface area contributed by atoms with Crippen molar-refractivity contribution in [2.45, 2.75) is 38.6 Å². The Hall–Kier alpha value is -3.94. The van der Waals surface area contributed by atoms with Crippen molar-refractivity contribution in [1.29, 1.82) is 0 Å². The first-order valence-corrected chi connectivity index (χ1v) is 12.9. The van der Waals surface area contributed by atoms with E-state index in [0.29, 0.717) is 41.5 Å². The molecular weight excluding hydrogens is 494 g/mol. The number of ether oxygens (including phenoxy) is 4. The molecule has 0 saturated heterocycles. The van der Waals surface area contributed by atoms with Crippen LogP contribution in [0.2, 0.25) is 0 Å². The van der Waals surface area contributed by atoms with E-state index in [1.54, 1.807) is 28.4 Å². The van der Waals surface area contributed by atoms with Crippen LogP contribution in [0.15, 0.2) is 83.3 Å². The summed E-state index contributed by atoms with van der Waals surface area (Å²) in [6.45, 7) is 5.51. The fourth-order valence-corrected chi connectivity index (χ4v) is 4.59. The van der Waals surface area contributed by atoms with Gasteiger partial charge in [-0.3, -0.25) is 4.90 Å². The van der Waals surface area contributed by atoms with Crippen LogP contribution in [-0.4, -0.2) is 44.5 Å². The van der Waals surface area contributed by atoms with Gasteiger partial charge < -0.3 is 28.5 Å². The zero-order valence-corrected chi connectivity index (χ0v) is 23.4. The average molecular weight is 532 g/mol. The number of methoxy groups -OCH3 is 4. The molecule has 0 aliphatic carbocycles. The summed E-state index contributed by atoms with van der Waals surface area (Å²) < 4.78 is 27.9. The molecule has 0 bridgehead atoms. The average Bonchev–Trinajstić information content (AvgIpc) is 3.45. The zero-order chi connectivity index (χ0) is 28.0. The lowest BCUT2D eigenvalue weighted by molar-refractivity contribution is 0.0939. The van der Waals surface area contributed by atoms with E-state index in [9.17, 15) is 5.11 Å². The van der Waals surface area contributed by atoms with Crippen molar-refractivity contribution in [3.05, 3.63) is 107 Å². The molecule has 0 aliphatic rings. The predicted molar refractivity (Wildman–Crippen MR) is 151 cm³/mol. The lowest BCUT2D eigenvalue weighted by Gasteiger charge is -2.28. The molecular formula is C32H37NO6. The Labute approximate surface area is 230 Å². The standard InChI is InChI=1S/C32H37NO6/c1-22(2)33(20-23-17-29(37-5)19-30(18-23)38-6)21-28-15-16-31(39-28)32(34,24-7-11-26(35-3)12-8-24)25-9-13-27(36-4)14-10-25/h7-19,22,34H,20-21H2,1-6H3. The summed E-state index contributed by atoms with van der Waals surface area (Å²) in [5.74, 6) is 4.08. The lowest BCUT2D eigenvalue weighted by atomic mass is 9.84. The van der Waals surface area contributed by atoms with E-state index in [0.717, 1.165) is 22.8 Å². The molecule has 7 heteroatoms. The minimum atomic E-state index is -1.51. The minimum absolute atomic E-state index is 0.234. The number of hydrogen-bond acceptors (Lipinski definition) is 7. The second kappa shape index (κ2) is 12.3. The second-order valence-electron chi connectivity index (χ2n) is 9.65. The third-order valence-corrected chi connectivity index (χ3v) is 6.92. The smallest absolute Gasteiger partial charge is 0.173 e. The van der Waals surface area contributed by atoms with Crippen molar-refractivity contribution in [2.24, 2.45) is 0 Å². The molecule has 1 heterocycles. The first-order valence-electron chi connectivity index (χ1n) is 12.9. The maximum Gasteiger partial charge on any atom is 0.173 e. The molecule has 1 N–H and O–H groups in total. The maximum absolute atomic E-state index is 12.2. The van der Waals surface area contributed by atoms with Gasteiger partial charge in [-0.1, -0.05) is 24.3 Å². The molecule has 0 spiro atoms. The summed E-state index contributed by atoms with van der Waals surface area (Å²) >= 11 is 0. The van der Waals surface area contributed by atoms with Crippen LogP contribution in [0.25, 0.3) is 0 Å². The first kappa shape index (κ1) is 28.1. The first-order chi connectivity index (χ1) is 18.8. The summed E-state index contributed by atoms with van der Waals surface area (Å²) in [7, 11) is 6.53. The molecule has 4 aromatic rings. The highest BCUT2D eigenvalue weighted by molar-refractivity contribution is 5.47. The summed E-state index contributed by atoms with van der Waals surface area (Å²) in [6.07, 6.45) is 0. The van der Waals surface area contributed by atoms with Crippen LogP contribution >= 0.6 is 0 Å². The molecule has 0 unspecified atom stereocenters. The van der Waals surface area contributed by atoms with E-state index in [1.165, 1.54) is 0 Å². The quantitative estimate of drug-likeness (QED) is 0.240. The topological polar surface area (TPSA) is 73.5 Å². The van der Waals surface area contributed by atoms with Gasteiger partial charge in [0.15, 0.2) is 5.60 Å². The zero-order valence-electron chi connectivity index (χ0n) is 23.4. The molecule has 7 nitrogen and oxygen atoms in total. The monoisotopic (exact) mass is 531 g/mol. The normalized spacial score (nSPS) is 11.6. The lowest BCUT2D eigenvalue weighted by Crippen LogP contribution is -2.30. The highest BCUT2D eigenvalue weighted by Crippen LogP contribution is 2.39. The van der Waals surface area contributed by atoms with Gasteiger partial charge in [0.05, 0.1) is 35.0 Å². The maximum atomic E-state index is 12.2. The van der Waals surface area contributed by atoms with Crippen molar-refractivity contribution in [3.8, 4) is 23.0 Å². The van der Waals surface area contributed by atoms with Crippen molar-refractivity contribution >= 4 is 0 Å². The SMILES string of the molecule is COc1ccc(C(O)(c2ccc(OC)cc2)c2ccc(CN(Cc3cc(OC)cc(OC)c3)C(C)C)o2)cc1. The largest absolute Gasteiger partial charge is 0.497 e. The second-order valence-corrected chi connectivity index (χ2v) is 9.65. The molecule has 4 rings (SSSR count). The van der Waals surface area contributed by atoms with Gasteiger partial charge in [0, 0.05) is 18.7 Å². The molecule has 206 valence electrons. The number of benzene rings is 3. The van der Waals surface area contributed by atoms with E-state index in [-0.39, 0.29) is 6.04 Å². The van der Waals surface area contributed by atoms with Gasteiger partial charge in [0.1, 0.15) is 34.5 Å². The molecule has 3 aromatic carbocycles. The molecule has 0 radical (unpaired) electrons. The van der Waals surface area contributed by atoms with Crippen LogP contribution in [0.4, 0.5) is 0 Å². The summed E-state index contributed by atoms with van der Waals surface area (Å²) in [6, 6.07) is 24.6. The van der Waals surface area contributed by atoms with Gasteiger partial charge in [-0.15, -0.1) is 0 Å². The van der Waals surface area contributed by atoms with Crippen LogP contribution in [-0.2, 0) is 18.7 Å². The number of furan rings is 1. The van der Waals surface area contributed by atoms with Gasteiger partial charge in [0.25, 0.3) is 0 Å². The fourth-order valence-electron chi connectivity index (χ4n) is 4.59. The highest BCUT2D eigenvalue weighted by Gasteiger charge is 2.37. The van der Waals surface area contributed by atoms with Crippen LogP contribution in [0.1, 0.15) is 42.1 Å². The van der Waals surface area contributed by atoms with Gasteiger partial charge in [-0.05, 0) is 79.1 Å². The molecule has 0 saturated carbocycles. The Balaban J connectivity index is 1.66. The third kappa shape index (κ3) is 6.21. The summed E-state index contributed by atoms with van der Waals surface area (Å²) in [4.78, 5) is 2.29. The van der Waals surface area contributed by atoms with Crippen LogP contribution in [0.3, 0.4) is 0 Å². The van der Waals surface area contributed by atoms with Crippen molar-refractivity contribution in [3.63, 3.8) is 0 Å². The van der Waals surface area contributed by atoms with Crippen molar-refractivity contribution in [2.75, 3.05) is 28.4 Å². The van der Waals surface area contributed by atoms with E-state index in [2.05, 4.69) is 18.7 Å². The number of nitrogens with zero attached hydrogens (tertiary/aromatic N) is 1. The van der Waals surface area contributed by atoms with Gasteiger partial charge in [-0.25, -0.2) is 0 Å². The van der Waals surface area contributed by atoms with Gasteiger partial charge in [-0.2, -0.15) is 0 Å². The molecule has 0 fully saturated rings. The number of hydrogen-bond donors (Lipinski definition) is 1. The van der Waals surface area contributed by atoms with E-state index in [4.69, 9.17) is 23.4 Å². The van der Waals surface area contributed by atoms with Gasteiger partial charge >= 0.3 is 0 Å². The fraction of sp³-hybridized carbons (Fsp3) is 0.312. The van der Waals surface area contributed by atoms with Crippen LogP contribution in [0.5, 0.6) is 23.0 Å². The number of rotatable bonds is 12. The predicted octanol–water partition coefficient (Wildman–Crippen LogP) is 6.01. The Kier molecular flexibility index (Phi) is 8.84. The van der Waals surface area contributed by atoms with Crippen LogP contribution < -0.4 is 18.9 Å². The third-order valence-electron chi connectivity index (χ3n) is 6.92. The number of aliphatic hydroxyl groups is 1. The molecule has 1 aromatic heterocycles. The Morgan fingerprint density at radius 2 is 1.15 bits per heavy atom. The van der Waals surface area contributed by atoms with E-state index < -0.39 is 5.60 Å². The molecule has 39 heavy (non-hydrogen) atoms. The van der Waals surface area contributed by atoms with Crippen molar-refractivity contribution in [1.82, 2.24) is 4.90 Å². The van der Waals surface area contributed by atoms with Crippen LogP contribution in [0, 0.1) is 0 Å². The molecule has 0 amide bonds. The van der Waals surface area contributed by atoms with E-state index >= 15 is 0 Å². The summed E-state index contributed by atoms with van der Waals surface area (Å²) in [5, 5.41) is 12.2. The Bertz CT molecular complexity index is 1270. The summed E-state index contributed by atoms with van der Waals surface area (Å²) in [5.41, 5.74) is 0.886. The van der Waals surface area contributed by atoms with E-state index in [1.807, 2.05) is 78.9 Å². The highest BCUT2D eigenvalue weighted by atomic mass is 16.5. The van der Waals surface area contributed by atoms with Gasteiger partial charge in [0.2, 0.25) is 0 Å². The molecule has 0 atom stereocenters. The molecule has 0 aliphatic heterocycles. The minimum Gasteiger partial charge on any atom is -0.497 e. The van der Waals surface area contributed by atoms with Crippen molar-refractivity contribution < 1.29 is 28.5 Å².